The van der Waals surface area contributed by atoms with E-state index in [1.54, 1.807) is 12.1 Å². The third kappa shape index (κ3) is 4.84. The van der Waals surface area contributed by atoms with Gasteiger partial charge in [-0.3, -0.25) is 9.52 Å². The molecule has 0 aromatic heterocycles. The van der Waals surface area contributed by atoms with Crippen LogP contribution in [0.15, 0.2) is 65.6 Å². The highest BCUT2D eigenvalue weighted by atomic mass is 35.5. The number of ether oxygens (including phenoxy) is 1. The number of carbonyl (C=O) groups excluding carboxylic acids is 1. The van der Waals surface area contributed by atoms with Crippen LogP contribution in [0.5, 0.6) is 5.75 Å². The van der Waals surface area contributed by atoms with E-state index >= 15 is 0 Å². The van der Waals surface area contributed by atoms with E-state index in [2.05, 4.69) is 10.0 Å². The molecule has 0 atom stereocenters. The highest BCUT2D eigenvalue weighted by Gasteiger charge is 2.18. The molecular formula is C20H15Cl2FN2O4S. The Kier molecular flexibility index (Phi) is 6.50. The van der Waals surface area contributed by atoms with Gasteiger partial charge in [0.2, 0.25) is 0 Å². The smallest absolute Gasteiger partial charge is 0.262 e. The third-order valence-corrected chi connectivity index (χ3v) is 6.22. The van der Waals surface area contributed by atoms with Gasteiger partial charge in [0, 0.05) is 5.69 Å². The van der Waals surface area contributed by atoms with Gasteiger partial charge in [0.25, 0.3) is 15.9 Å². The molecule has 3 aromatic carbocycles. The Labute approximate surface area is 182 Å². The van der Waals surface area contributed by atoms with Crippen molar-refractivity contribution < 1.29 is 22.3 Å². The summed E-state index contributed by atoms with van der Waals surface area (Å²) in [5.74, 6) is -0.865. The molecule has 0 spiro atoms. The van der Waals surface area contributed by atoms with Gasteiger partial charge in [-0.05, 0) is 54.6 Å². The van der Waals surface area contributed by atoms with Crippen LogP contribution in [0.25, 0.3) is 0 Å². The first kappa shape index (κ1) is 21.9. The van der Waals surface area contributed by atoms with E-state index in [1.807, 2.05) is 0 Å². The van der Waals surface area contributed by atoms with Gasteiger partial charge in [-0.25, -0.2) is 12.8 Å². The van der Waals surface area contributed by atoms with Crippen LogP contribution in [0.1, 0.15) is 10.4 Å². The quantitative estimate of drug-likeness (QED) is 0.520. The van der Waals surface area contributed by atoms with E-state index in [0.717, 1.165) is 24.3 Å². The SMILES string of the molecule is COc1ccc(NC(=O)c2cccc(Cl)c2Cl)cc1NS(=O)(=O)c1ccc(F)cc1. The number of amides is 1. The van der Waals surface area contributed by atoms with Crippen molar-refractivity contribution in [1.82, 2.24) is 0 Å². The molecule has 0 unspecified atom stereocenters. The van der Waals surface area contributed by atoms with Crippen LogP contribution >= 0.6 is 23.2 Å². The zero-order chi connectivity index (χ0) is 21.9. The minimum absolute atomic E-state index is 0.0804. The van der Waals surface area contributed by atoms with Gasteiger partial charge in [-0.1, -0.05) is 29.3 Å². The van der Waals surface area contributed by atoms with Crippen LogP contribution in [0, 0.1) is 5.82 Å². The first-order valence-corrected chi connectivity index (χ1v) is 10.7. The van der Waals surface area contributed by atoms with E-state index in [0.29, 0.717) is 0 Å². The molecule has 0 radical (unpaired) electrons. The van der Waals surface area contributed by atoms with Crippen LogP contribution in [-0.4, -0.2) is 21.4 Å². The monoisotopic (exact) mass is 468 g/mol. The molecular weight excluding hydrogens is 454 g/mol. The lowest BCUT2D eigenvalue weighted by molar-refractivity contribution is 0.102. The Hall–Kier alpha value is -2.81. The topological polar surface area (TPSA) is 84.5 Å². The van der Waals surface area contributed by atoms with Gasteiger partial charge in [-0.2, -0.15) is 0 Å². The number of nitrogens with one attached hydrogen (secondary N) is 2. The van der Waals surface area contributed by atoms with Crippen molar-refractivity contribution in [2.24, 2.45) is 0 Å². The molecule has 3 aromatic rings. The molecule has 6 nitrogen and oxygen atoms in total. The third-order valence-electron chi connectivity index (χ3n) is 4.02. The van der Waals surface area contributed by atoms with Gasteiger partial charge in [0.05, 0.1) is 33.3 Å². The lowest BCUT2D eigenvalue weighted by Crippen LogP contribution is -2.15. The number of rotatable bonds is 6. The fourth-order valence-corrected chi connectivity index (χ4v) is 4.01. The number of methoxy groups -OCH3 is 1. The second-order valence-corrected chi connectivity index (χ2v) is 8.50. The van der Waals surface area contributed by atoms with Crippen LogP contribution in [0.4, 0.5) is 15.8 Å². The summed E-state index contributed by atoms with van der Waals surface area (Å²) in [5, 5.41) is 2.96. The molecule has 0 aliphatic rings. The molecule has 30 heavy (non-hydrogen) atoms. The molecule has 0 heterocycles. The summed E-state index contributed by atoms with van der Waals surface area (Å²) in [6.07, 6.45) is 0. The molecule has 156 valence electrons. The largest absolute Gasteiger partial charge is 0.495 e. The molecule has 0 fully saturated rings. The second-order valence-electron chi connectivity index (χ2n) is 6.03. The predicted molar refractivity (Wildman–Crippen MR) is 115 cm³/mol. The molecule has 0 aliphatic carbocycles. The predicted octanol–water partition coefficient (Wildman–Crippen LogP) is 5.19. The lowest BCUT2D eigenvalue weighted by atomic mass is 10.2. The van der Waals surface area contributed by atoms with Crippen molar-refractivity contribution in [3.05, 3.63) is 82.1 Å². The maximum absolute atomic E-state index is 13.1. The Morgan fingerprint density at radius 2 is 1.73 bits per heavy atom. The number of sulfonamides is 1. The van der Waals surface area contributed by atoms with Crippen LogP contribution in [0.3, 0.4) is 0 Å². The van der Waals surface area contributed by atoms with E-state index in [9.17, 15) is 17.6 Å². The summed E-state index contributed by atoms with van der Waals surface area (Å²) in [7, 11) is -2.65. The highest BCUT2D eigenvalue weighted by Crippen LogP contribution is 2.31. The summed E-state index contributed by atoms with van der Waals surface area (Å²) < 4.78 is 45.9. The van der Waals surface area contributed by atoms with E-state index in [-0.39, 0.29) is 37.6 Å². The fraction of sp³-hybridized carbons (Fsp3) is 0.0500. The van der Waals surface area contributed by atoms with E-state index in [4.69, 9.17) is 27.9 Å². The number of hydrogen-bond acceptors (Lipinski definition) is 4. The van der Waals surface area contributed by atoms with Gasteiger partial charge in [-0.15, -0.1) is 0 Å². The standard InChI is InChI=1S/C20H15Cl2FN2O4S/c1-29-18-10-7-13(24-20(26)15-3-2-4-16(21)19(15)22)11-17(18)25-30(27,28)14-8-5-12(23)6-9-14/h2-11,25H,1H3,(H,24,26). The number of halogens is 3. The zero-order valence-electron chi connectivity index (χ0n) is 15.4. The second kappa shape index (κ2) is 8.91. The highest BCUT2D eigenvalue weighted by molar-refractivity contribution is 7.92. The summed E-state index contributed by atoms with van der Waals surface area (Å²) >= 11 is 12.0. The molecule has 0 bridgehead atoms. The molecule has 2 N–H and O–H groups in total. The van der Waals surface area contributed by atoms with Gasteiger partial charge in [0.1, 0.15) is 11.6 Å². The minimum atomic E-state index is -4.02. The summed E-state index contributed by atoms with van der Waals surface area (Å²) in [6, 6.07) is 13.4. The average Bonchev–Trinajstić information content (AvgIpc) is 2.70. The maximum atomic E-state index is 13.1. The summed E-state index contributed by atoms with van der Waals surface area (Å²) in [5.41, 5.74) is 0.527. The molecule has 1 amide bonds. The molecule has 3 rings (SSSR count). The fourth-order valence-electron chi connectivity index (χ4n) is 2.56. The van der Waals surface area contributed by atoms with Crippen LogP contribution in [0.2, 0.25) is 10.0 Å². The maximum Gasteiger partial charge on any atom is 0.262 e. The Bertz CT molecular complexity index is 1200. The minimum Gasteiger partial charge on any atom is -0.495 e. The van der Waals surface area contributed by atoms with E-state index in [1.165, 1.54) is 31.4 Å². The van der Waals surface area contributed by atoms with Gasteiger partial charge >= 0.3 is 0 Å². The Morgan fingerprint density at radius 3 is 2.40 bits per heavy atom. The Balaban J connectivity index is 1.89. The zero-order valence-corrected chi connectivity index (χ0v) is 17.8. The normalized spacial score (nSPS) is 11.1. The van der Waals surface area contributed by atoms with Crippen molar-refractivity contribution in [2.45, 2.75) is 4.90 Å². The first-order valence-electron chi connectivity index (χ1n) is 8.43. The van der Waals surface area contributed by atoms with Crippen molar-refractivity contribution in [3.63, 3.8) is 0 Å². The van der Waals surface area contributed by atoms with E-state index < -0.39 is 21.7 Å². The van der Waals surface area contributed by atoms with Gasteiger partial charge < -0.3 is 10.1 Å². The number of benzene rings is 3. The first-order chi connectivity index (χ1) is 14.2. The number of hydrogen-bond donors (Lipinski definition) is 2. The Morgan fingerprint density at radius 1 is 1.03 bits per heavy atom. The van der Waals surface area contributed by atoms with Crippen molar-refractivity contribution in [2.75, 3.05) is 17.1 Å². The van der Waals surface area contributed by atoms with Crippen molar-refractivity contribution in [1.29, 1.82) is 0 Å². The van der Waals surface area contributed by atoms with Crippen molar-refractivity contribution >= 4 is 50.5 Å². The molecule has 0 aliphatic heterocycles. The lowest BCUT2D eigenvalue weighted by Gasteiger charge is -2.14. The average molecular weight is 469 g/mol. The van der Waals surface area contributed by atoms with Crippen LogP contribution in [-0.2, 0) is 10.0 Å². The number of anilines is 2. The molecule has 10 heteroatoms. The summed E-state index contributed by atoms with van der Waals surface area (Å²) in [6.45, 7) is 0. The summed E-state index contributed by atoms with van der Waals surface area (Å²) in [4.78, 5) is 12.4. The molecule has 0 saturated carbocycles. The number of carbonyl (C=O) groups is 1. The van der Waals surface area contributed by atoms with Gasteiger partial charge in [0.15, 0.2) is 0 Å². The van der Waals surface area contributed by atoms with Crippen LogP contribution < -0.4 is 14.8 Å². The van der Waals surface area contributed by atoms with Crippen molar-refractivity contribution in [3.8, 4) is 5.75 Å². The molecule has 0 saturated heterocycles.